The van der Waals surface area contributed by atoms with E-state index in [4.69, 9.17) is 0 Å². The molecule has 0 saturated heterocycles. The zero-order chi connectivity index (χ0) is 35.9. The van der Waals surface area contributed by atoms with Crippen LogP contribution in [0.4, 0.5) is 11.4 Å². The molecule has 6 aromatic rings. The van der Waals surface area contributed by atoms with Gasteiger partial charge >= 0.3 is 0 Å². The van der Waals surface area contributed by atoms with Crippen molar-refractivity contribution in [3.05, 3.63) is 250 Å². The monoisotopic (exact) mass is 689 g/mol. The minimum absolute atomic E-state index is 0.306. The number of rotatable bonds is 7. The van der Waals surface area contributed by atoms with Gasteiger partial charge in [-0.05, 0) is 111 Å². The Morgan fingerprint density at radius 1 is 0.574 bits per heavy atom. The predicted octanol–water partition coefficient (Wildman–Crippen LogP) is 13.3. The maximum absolute atomic E-state index is 3.42. The maximum atomic E-state index is 3.42. The lowest BCUT2D eigenvalue weighted by Crippen LogP contribution is -2.29. The van der Waals surface area contributed by atoms with E-state index >= 15 is 0 Å². The molecule has 6 aromatic carbocycles. The number of fused-ring (bicyclic) bond motifs is 4. The molecule has 0 amide bonds. The summed E-state index contributed by atoms with van der Waals surface area (Å²) < 4.78 is 0. The molecule has 0 radical (unpaired) electrons. The third-order valence-corrected chi connectivity index (χ3v) is 11.7. The molecule has 54 heavy (non-hydrogen) atoms. The smallest absolute Gasteiger partial charge is 0.0710 e. The zero-order valence-corrected chi connectivity index (χ0v) is 30.1. The van der Waals surface area contributed by atoms with Gasteiger partial charge in [-0.15, -0.1) is 0 Å². The first kappa shape index (κ1) is 32.1. The number of anilines is 2. The second-order valence-electron chi connectivity index (χ2n) is 14.6. The number of hydrogen-bond acceptors (Lipinski definition) is 1. The van der Waals surface area contributed by atoms with Gasteiger partial charge in [0.05, 0.1) is 5.41 Å². The number of benzene rings is 6. The molecule has 1 unspecified atom stereocenters. The lowest BCUT2D eigenvalue weighted by atomic mass is 9.65. The number of nitrogens with zero attached hydrogens (tertiary/aromatic N) is 1. The summed E-state index contributed by atoms with van der Waals surface area (Å²) in [6.07, 6.45) is 16.8. The fourth-order valence-electron chi connectivity index (χ4n) is 9.16. The van der Waals surface area contributed by atoms with Crippen LogP contribution in [-0.2, 0) is 5.41 Å². The van der Waals surface area contributed by atoms with Crippen molar-refractivity contribution in [2.45, 2.75) is 30.6 Å². The lowest BCUT2D eigenvalue weighted by Gasteiger charge is -2.36. The van der Waals surface area contributed by atoms with Crippen LogP contribution in [-0.4, -0.2) is 0 Å². The van der Waals surface area contributed by atoms with E-state index in [0.717, 1.165) is 24.8 Å². The molecular formula is C53H39N. The first-order chi connectivity index (χ1) is 26.8. The van der Waals surface area contributed by atoms with Crippen LogP contribution in [0.3, 0.4) is 0 Å². The van der Waals surface area contributed by atoms with Crippen molar-refractivity contribution in [3.8, 4) is 11.1 Å². The van der Waals surface area contributed by atoms with Crippen LogP contribution in [0.15, 0.2) is 216 Å². The van der Waals surface area contributed by atoms with Crippen LogP contribution in [0.25, 0.3) is 22.8 Å². The van der Waals surface area contributed by atoms with Gasteiger partial charge in [0.25, 0.3) is 0 Å². The Bertz CT molecular complexity index is 2590. The molecule has 1 atom stereocenters. The Balaban J connectivity index is 0.961. The Morgan fingerprint density at radius 3 is 1.87 bits per heavy atom. The molecule has 4 aliphatic carbocycles. The third-order valence-electron chi connectivity index (χ3n) is 11.7. The summed E-state index contributed by atoms with van der Waals surface area (Å²) in [7, 11) is 0. The van der Waals surface area contributed by atoms with Crippen molar-refractivity contribution in [2.75, 3.05) is 4.90 Å². The van der Waals surface area contributed by atoms with Crippen molar-refractivity contribution >= 4 is 23.0 Å². The zero-order valence-electron chi connectivity index (χ0n) is 30.1. The summed E-state index contributed by atoms with van der Waals surface area (Å²) in [5.41, 5.74) is 24.3. The van der Waals surface area contributed by atoms with Gasteiger partial charge in [-0.25, -0.2) is 0 Å². The van der Waals surface area contributed by atoms with Gasteiger partial charge in [0.15, 0.2) is 0 Å². The van der Waals surface area contributed by atoms with Crippen LogP contribution in [0.1, 0.15) is 58.6 Å². The van der Waals surface area contributed by atoms with Crippen LogP contribution in [0.2, 0.25) is 0 Å². The van der Waals surface area contributed by atoms with Gasteiger partial charge in [-0.3, -0.25) is 0 Å². The van der Waals surface area contributed by atoms with E-state index in [9.17, 15) is 0 Å². The molecule has 1 nitrogen and oxygen atoms in total. The number of hydrogen-bond donors (Lipinski definition) is 0. The van der Waals surface area contributed by atoms with Crippen molar-refractivity contribution in [1.82, 2.24) is 0 Å². The third kappa shape index (κ3) is 5.26. The molecule has 0 fully saturated rings. The van der Waals surface area contributed by atoms with Gasteiger partial charge in [0.1, 0.15) is 0 Å². The molecule has 256 valence electrons. The minimum atomic E-state index is -0.345. The highest BCUT2D eigenvalue weighted by molar-refractivity contribution is 5.88. The average Bonchev–Trinajstić information content (AvgIpc) is 3.56. The summed E-state index contributed by atoms with van der Waals surface area (Å²) in [6, 6.07) is 57.6. The van der Waals surface area contributed by atoms with E-state index in [1.807, 2.05) is 6.08 Å². The van der Waals surface area contributed by atoms with Gasteiger partial charge in [0, 0.05) is 28.6 Å². The highest BCUT2D eigenvalue weighted by Gasteiger charge is 2.46. The van der Waals surface area contributed by atoms with E-state index in [2.05, 4.69) is 204 Å². The molecule has 0 heterocycles. The largest absolute Gasteiger partial charge is 0.314 e. The van der Waals surface area contributed by atoms with E-state index in [1.165, 1.54) is 72.7 Å². The maximum Gasteiger partial charge on any atom is 0.0710 e. The second kappa shape index (κ2) is 13.4. The van der Waals surface area contributed by atoms with Gasteiger partial charge < -0.3 is 4.90 Å². The Morgan fingerprint density at radius 2 is 1.20 bits per heavy atom. The average molecular weight is 690 g/mol. The van der Waals surface area contributed by atoms with Crippen molar-refractivity contribution in [3.63, 3.8) is 0 Å². The molecule has 0 aliphatic heterocycles. The molecule has 0 spiro atoms. The molecule has 4 aliphatic rings. The minimum Gasteiger partial charge on any atom is -0.314 e. The predicted molar refractivity (Wildman–Crippen MR) is 225 cm³/mol. The standard InChI is InChI=1S/C53H39N/c1-3-16-42(17-4-1)53(51-24-11-9-21-49(51)50-22-10-12-25-52(50)53)43-32-26-38(27-33-43)39-28-34-45(35-29-39)54(44-18-5-2-6-19-44)46-36-30-41(31-37-46)48-23-13-15-40-14-7-8-20-47(40)48/h1-12,14-22,24-26,28-30,32-36,38H,27,31,37H2. The molecule has 0 aromatic heterocycles. The lowest BCUT2D eigenvalue weighted by molar-refractivity contribution is 0.734. The van der Waals surface area contributed by atoms with E-state index in [1.54, 1.807) is 0 Å². The first-order valence-electron chi connectivity index (χ1n) is 19.1. The molecule has 1 heteroatoms. The summed E-state index contributed by atoms with van der Waals surface area (Å²) in [5, 5.41) is 0. The van der Waals surface area contributed by atoms with E-state index in [0.29, 0.717) is 5.92 Å². The SMILES string of the molecule is C1=C=C(C2=CC=C(N(c3ccccc3)c3ccc(C4C=CC(C5(c6ccccc6)c6ccccc6-c6ccccc65)=CC4)cc3)CC2)c2ccccc2C=1. The molecule has 0 bridgehead atoms. The summed E-state index contributed by atoms with van der Waals surface area (Å²) in [4.78, 5) is 2.42. The summed E-state index contributed by atoms with van der Waals surface area (Å²) in [6.45, 7) is 0. The Labute approximate surface area is 318 Å². The quantitative estimate of drug-likeness (QED) is 0.151. The van der Waals surface area contributed by atoms with Crippen LogP contribution < -0.4 is 4.90 Å². The van der Waals surface area contributed by atoms with Crippen molar-refractivity contribution in [1.29, 1.82) is 0 Å². The molecule has 10 rings (SSSR count). The van der Waals surface area contributed by atoms with E-state index < -0.39 is 0 Å². The van der Waals surface area contributed by atoms with Crippen LogP contribution in [0.5, 0.6) is 0 Å². The van der Waals surface area contributed by atoms with Crippen LogP contribution >= 0.6 is 0 Å². The summed E-state index contributed by atoms with van der Waals surface area (Å²) in [5.74, 6) is 0.306. The highest BCUT2D eigenvalue weighted by atomic mass is 15.1. The fourth-order valence-corrected chi connectivity index (χ4v) is 9.16. The van der Waals surface area contributed by atoms with E-state index in [-0.39, 0.29) is 5.41 Å². The Hall–Kier alpha value is -6.62. The molecule has 0 N–H and O–H groups in total. The molecule has 0 saturated carbocycles. The van der Waals surface area contributed by atoms with Crippen molar-refractivity contribution < 1.29 is 0 Å². The number of para-hydroxylation sites is 1. The number of allylic oxidation sites excluding steroid dienone is 9. The Kier molecular flexibility index (Phi) is 7.97. The first-order valence-corrected chi connectivity index (χ1v) is 19.1. The fraction of sp³-hybridized carbons (Fsp3) is 0.0943. The normalized spacial score (nSPS) is 17.4. The topological polar surface area (TPSA) is 3.24 Å². The highest BCUT2D eigenvalue weighted by Crippen LogP contribution is 2.57. The van der Waals surface area contributed by atoms with Crippen molar-refractivity contribution in [2.24, 2.45) is 0 Å². The van der Waals surface area contributed by atoms with Gasteiger partial charge in [-0.2, -0.15) is 0 Å². The van der Waals surface area contributed by atoms with Crippen LogP contribution in [0, 0.1) is 0 Å². The van der Waals surface area contributed by atoms with Gasteiger partial charge in [0.2, 0.25) is 0 Å². The molecular weight excluding hydrogens is 651 g/mol. The summed E-state index contributed by atoms with van der Waals surface area (Å²) >= 11 is 0. The van der Waals surface area contributed by atoms with Gasteiger partial charge in [-0.1, -0.05) is 169 Å². The second-order valence-corrected chi connectivity index (χ2v) is 14.6.